The van der Waals surface area contributed by atoms with E-state index in [0.29, 0.717) is 23.1 Å². The predicted molar refractivity (Wildman–Crippen MR) is 84.6 cm³/mol. The van der Waals surface area contributed by atoms with Crippen molar-refractivity contribution in [2.75, 3.05) is 40.4 Å². The minimum atomic E-state index is 0.0835. The van der Waals surface area contributed by atoms with Crippen LogP contribution >= 0.6 is 0 Å². The normalized spacial score (nSPS) is 25.0. The summed E-state index contributed by atoms with van der Waals surface area (Å²) in [5.74, 6) is 2.07. The van der Waals surface area contributed by atoms with Crippen LogP contribution in [0.5, 0.6) is 11.5 Å². The van der Waals surface area contributed by atoms with Crippen LogP contribution in [0.2, 0.25) is 0 Å². The predicted octanol–water partition coefficient (Wildman–Crippen LogP) is 1.87. The van der Waals surface area contributed by atoms with E-state index in [9.17, 15) is 4.79 Å². The molecule has 2 saturated heterocycles. The van der Waals surface area contributed by atoms with Crippen molar-refractivity contribution in [2.24, 2.45) is 5.92 Å². The van der Waals surface area contributed by atoms with Crippen molar-refractivity contribution in [3.05, 3.63) is 23.8 Å². The van der Waals surface area contributed by atoms with E-state index < -0.39 is 0 Å². The summed E-state index contributed by atoms with van der Waals surface area (Å²) in [4.78, 5) is 17.2. The van der Waals surface area contributed by atoms with Gasteiger partial charge in [-0.15, -0.1) is 0 Å². The van der Waals surface area contributed by atoms with E-state index in [2.05, 4.69) is 11.8 Å². The van der Waals surface area contributed by atoms with Gasteiger partial charge in [0.05, 0.1) is 14.2 Å². The number of ether oxygens (including phenoxy) is 2. The molecule has 5 heteroatoms. The number of amides is 1. The molecule has 0 N–H and O–H groups in total. The van der Waals surface area contributed by atoms with Crippen LogP contribution in [0.4, 0.5) is 0 Å². The fraction of sp³-hybridized carbons (Fsp3) is 0.588. The van der Waals surface area contributed by atoms with Crippen LogP contribution in [-0.2, 0) is 0 Å². The molecule has 5 nitrogen and oxygen atoms in total. The van der Waals surface area contributed by atoms with Gasteiger partial charge in [0.25, 0.3) is 5.91 Å². The van der Waals surface area contributed by atoms with Gasteiger partial charge in [0.1, 0.15) is 0 Å². The monoisotopic (exact) mass is 304 g/mol. The zero-order chi connectivity index (χ0) is 15.7. The lowest BCUT2D eigenvalue weighted by Gasteiger charge is -2.37. The maximum atomic E-state index is 12.7. The molecule has 2 atom stereocenters. The van der Waals surface area contributed by atoms with E-state index in [0.717, 1.165) is 25.6 Å². The Hall–Kier alpha value is -1.75. The molecule has 2 aliphatic rings. The molecule has 3 rings (SSSR count). The molecule has 1 amide bonds. The van der Waals surface area contributed by atoms with Gasteiger partial charge >= 0.3 is 0 Å². The Kier molecular flexibility index (Phi) is 4.25. The average molecular weight is 304 g/mol. The number of fused-ring (bicyclic) bond motifs is 1. The molecule has 0 saturated carbocycles. The molecule has 0 radical (unpaired) electrons. The van der Waals surface area contributed by atoms with Gasteiger partial charge in [0.15, 0.2) is 11.5 Å². The first-order valence-electron chi connectivity index (χ1n) is 7.87. The van der Waals surface area contributed by atoms with Crippen LogP contribution in [0, 0.1) is 5.92 Å². The molecule has 22 heavy (non-hydrogen) atoms. The van der Waals surface area contributed by atoms with Crippen molar-refractivity contribution >= 4 is 5.91 Å². The number of benzene rings is 1. The second-order valence-electron chi connectivity index (χ2n) is 6.31. The summed E-state index contributed by atoms with van der Waals surface area (Å²) >= 11 is 0. The van der Waals surface area contributed by atoms with Crippen LogP contribution in [0.3, 0.4) is 0 Å². The topological polar surface area (TPSA) is 42.0 Å². The standard InChI is InChI=1S/C17H24N2O3/c1-12-8-14-11-19(7-6-18(14)10-12)17(20)13-4-5-15(21-2)16(9-13)22-3/h4-5,9,12,14H,6-8,10-11H2,1-3H3. The molecule has 120 valence electrons. The molecular formula is C17H24N2O3. The number of carbonyl (C=O) groups excluding carboxylic acids is 1. The molecule has 1 aromatic rings. The summed E-state index contributed by atoms with van der Waals surface area (Å²) < 4.78 is 10.5. The second-order valence-corrected chi connectivity index (χ2v) is 6.31. The number of nitrogens with zero attached hydrogens (tertiary/aromatic N) is 2. The Morgan fingerprint density at radius 3 is 2.64 bits per heavy atom. The first-order chi connectivity index (χ1) is 10.6. The second kappa shape index (κ2) is 6.16. The Balaban J connectivity index is 1.74. The number of methoxy groups -OCH3 is 2. The molecule has 0 aliphatic carbocycles. The van der Waals surface area contributed by atoms with Crippen molar-refractivity contribution in [2.45, 2.75) is 19.4 Å². The van der Waals surface area contributed by atoms with Crippen LogP contribution in [0.1, 0.15) is 23.7 Å². The highest BCUT2D eigenvalue weighted by atomic mass is 16.5. The molecule has 2 heterocycles. The smallest absolute Gasteiger partial charge is 0.254 e. The number of rotatable bonds is 3. The Morgan fingerprint density at radius 1 is 1.14 bits per heavy atom. The lowest BCUT2D eigenvalue weighted by Crippen LogP contribution is -2.52. The quantitative estimate of drug-likeness (QED) is 0.855. The van der Waals surface area contributed by atoms with Gasteiger partial charge in [-0.1, -0.05) is 6.92 Å². The number of hydrogen-bond donors (Lipinski definition) is 0. The van der Waals surface area contributed by atoms with Gasteiger partial charge in [-0.05, 0) is 30.5 Å². The zero-order valence-electron chi connectivity index (χ0n) is 13.5. The SMILES string of the molecule is COc1ccc(C(=O)N2CCN3CC(C)CC3C2)cc1OC. The summed E-state index contributed by atoms with van der Waals surface area (Å²) in [6, 6.07) is 5.89. The van der Waals surface area contributed by atoms with E-state index in [1.54, 1.807) is 26.4 Å². The van der Waals surface area contributed by atoms with Crippen LogP contribution in [-0.4, -0.2) is 62.1 Å². The fourth-order valence-electron chi connectivity index (χ4n) is 3.63. The van der Waals surface area contributed by atoms with E-state index in [4.69, 9.17) is 9.47 Å². The molecule has 2 fully saturated rings. The highest BCUT2D eigenvalue weighted by molar-refractivity contribution is 5.95. The Labute approximate surface area is 131 Å². The van der Waals surface area contributed by atoms with Crippen molar-refractivity contribution in [1.82, 2.24) is 9.80 Å². The Morgan fingerprint density at radius 2 is 1.91 bits per heavy atom. The molecule has 2 aliphatic heterocycles. The lowest BCUT2D eigenvalue weighted by atomic mass is 10.1. The average Bonchev–Trinajstić information content (AvgIpc) is 2.92. The van der Waals surface area contributed by atoms with Crippen LogP contribution < -0.4 is 9.47 Å². The minimum Gasteiger partial charge on any atom is -0.493 e. The summed E-state index contributed by atoms with van der Waals surface area (Å²) in [7, 11) is 3.19. The van der Waals surface area contributed by atoms with Crippen LogP contribution in [0.25, 0.3) is 0 Å². The molecule has 2 unspecified atom stereocenters. The first-order valence-corrected chi connectivity index (χ1v) is 7.87. The third-order valence-corrected chi connectivity index (χ3v) is 4.74. The third kappa shape index (κ3) is 2.77. The third-order valence-electron chi connectivity index (χ3n) is 4.74. The molecule has 0 bridgehead atoms. The molecule has 0 aromatic heterocycles. The van der Waals surface area contributed by atoms with Gasteiger partial charge in [0.2, 0.25) is 0 Å². The van der Waals surface area contributed by atoms with Crippen molar-refractivity contribution < 1.29 is 14.3 Å². The lowest BCUT2D eigenvalue weighted by molar-refractivity contribution is 0.0570. The number of piperazine rings is 1. The van der Waals surface area contributed by atoms with E-state index in [1.165, 1.54) is 13.0 Å². The van der Waals surface area contributed by atoms with Crippen LogP contribution in [0.15, 0.2) is 18.2 Å². The highest BCUT2D eigenvalue weighted by Crippen LogP contribution is 2.30. The van der Waals surface area contributed by atoms with Crippen molar-refractivity contribution in [3.8, 4) is 11.5 Å². The van der Waals surface area contributed by atoms with Gasteiger partial charge < -0.3 is 14.4 Å². The van der Waals surface area contributed by atoms with Gasteiger partial charge in [0, 0.05) is 37.8 Å². The first kappa shape index (κ1) is 15.2. The summed E-state index contributed by atoms with van der Waals surface area (Å²) in [6.45, 7) is 6.07. The largest absolute Gasteiger partial charge is 0.493 e. The molecule has 0 spiro atoms. The summed E-state index contributed by atoms with van der Waals surface area (Å²) in [5, 5.41) is 0. The van der Waals surface area contributed by atoms with Gasteiger partial charge in [-0.2, -0.15) is 0 Å². The van der Waals surface area contributed by atoms with Crippen molar-refractivity contribution in [3.63, 3.8) is 0 Å². The Bertz CT molecular complexity index is 561. The maximum absolute atomic E-state index is 12.7. The minimum absolute atomic E-state index is 0.0835. The van der Waals surface area contributed by atoms with Gasteiger partial charge in [-0.25, -0.2) is 0 Å². The zero-order valence-corrected chi connectivity index (χ0v) is 13.5. The summed E-state index contributed by atoms with van der Waals surface area (Å²) in [5.41, 5.74) is 0.664. The van der Waals surface area contributed by atoms with E-state index in [1.807, 2.05) is 11.0 Å². The maximum Gasteiger partial charge on any atom is 0.254 e. The molecule has 1 aromatic carbocycles. The van der Waals surface area contributed by atoms with E-state index in [-0.39, 0.29) is 5.91 Å². The number of hydrogen-bond acceptors (Lipinski definition) is 4. The molecular weight excluding hydrogens is 280 g/mol. The number of carbonyl (C=O) groups is 1. The van der Waals surface area contributed by atoms with E-state index >= 15 is 0 Å². The fourth-order valence-corrected chi connectivity index (χ4v) is 3.63. The van der Waals surface area contributed by atoms with Gasteiger partial charge in [-0.3, -0.25) is 9.69 Å². The summed E-state index contributed by atoms with van der Waals surface area (Å²) in [6.07, 6.45) is 1.19. The van der Waals surface area contributed by atoms with Crippen molar-refractivity contribution in [1.29, 1.82) is 0 Å². The highest BCUT2D eigenvalue weighted by Gasteiger charge is 2.35.